The first-order valence-electron chi connectivity index (χ1n) is 29.8. The number of nitrogens with two attached hydrogens (primary N) is 1. The number of aromatic amines is 3. The SMILES string of the molecule is C.NCc1cnc2[nH]cc(Cl)c2c1.O=C(NCc1cnc2[nH]cc(Cl)c2c1)c1ccnc(Cc2ccc3ncc(Cl)cc3c2)c1.O=C(NCc1cnc2[nH]cc(Cl)c2c1)c1ccnc(Cc2ccc3ncc(Cl)cc3c2)c1.O=C(O)c1ccnc(Cc2ccc3ncc(Cl)cc3c2)c1. The van der Waals surface area contributed by atoms with Gasteiger partial charge in [0, 0.05) is 174 Å². The Balaban J connectivity index is 0.000000139. The summed E-state index contributed by atoms with van der Waals surface area (Å²) in [6.45, 7) is 1.18. The molecule has 0 aliphatic carbocycles. The normalized spacial score (nSPS) is 10.9. The van der Waals surface area contributed by atoms with Gasteiger partial charge in [0.05, 0.1) is 52.2 Å². The molecule has 0 spiro atoms. The van der Waals surface area contributed by atoms with Crippen LogP contribution in [0.25, 0.3) is 65.8 Å². The predicted octanol–water partition coefficient (Wildman–Crippen LogP) is 16.6. The van der Waals surface area contributed by atoms with Crippen molar-refractivity contribution in [2.45, 2.75) is 46.3 Å². The van der Waals surface area contributed by atoms with Crippen LogP contribution >= 0.6 is 69.6 Å². The average Bonchev–Trinajstić information content (AvgIpc) is 0.912. The van der Waals surface area contributed by atoms with Crippen molar-refractivity contribution in [3.63, 3.8) is 0 Å². The lowest BCUT2D eigenvalue weighted by molar-refractivity contribution is 0.0696. The molecule has 0 saturated carbocycles. The van der Waals surface area contributed by atoms with Crippen molar-refractivity contribution in [1.29, 1.82) is 0 Å². The standard InChI is InChI=1S/2C24H17Cl2N5O.C16H11ClN2O2.C8H8ClN3.CH4/c2*25-18-8-17-5-14(1-2-22(17)28-12-18)6-19-9-16(3-4-27-19)24(32)31-11-15-7-20-21(26)13-30-23(20)29-10-15;17-13-7-12-5-10(1-2-15(12)19-9-13)6-14-8-11(16(20)21)3-4-18-14;9-7-4-12-8-6(7)1-5(2-10)3-11-8;/h2*1-5,7-10,12-13H,6,11H2,(H,29,30)(H,31,32);1-5,7-9H,6H2,(H,20,21);1,3-4H,2,10H2,(H,11,12);1H4. The number of carboxylic acid groups (broad SMARTS) is 1. The maximum absolute atomic E-state index is 12.7. The Morgan fingerprint density at radius 1 is 0.388 bits per heavy atom. The third kappa shape index (κ3) is 17.4. The fourth-order valence-electron chi connectivity index (χ4n) is 10.5. The molecule has 15 rings (SSSR count). The van der Waals surface area contributed by atoms with E-state index in [1.807, 2.05) is 91.0 Å². The minimum Gasteiger partial charge on any atom is -0.478 e. The molecule has 19 nitrogen and oxygen atoms in total. The number of benzene rings is 3. The van der Waals surface area contributed by atoms with E-state index < -0.39 is 5.97 Å². The van der Waals surface area contributed by atoms with Gasteiger partial charge in [-0.1, -0.05) is 95.2 Å². The summed E-state index contributed by atoms with van der Waals surface area (Å²) < 4.78 is 0. The Kier molecular flexibility index (Phi) is 22.2. The Morgan fingerprint density at radius 2 is 0.724 bits per heavy atom. The maximum atomic E-state index is 12.7. The molecule has 98 heavy (non-hydrogen) atoms. The second-order valence-electron chi connectivity index (χ2n) is 22.2. The minimum absolute atomic E-state index is 0. The number of H-pyrrole nitrogens is 3. The number of halogens is 6. The number of fused-ring (bicyclic) bond motifs is 6. The first-order valence-corrected chi connectivity index (χ1v) is 32.1. The predicted molar refractivity (Wildman–Crippen MR) is 389 cm³/mol. The second kappa shape index (κ2) is 31.6. The molecule has 0 aliphatic heterocycles. The van der Waals surface area contributed by atoms with Crippen LogP contribution in [0.3, 0.4) is 0 Å². The Morgan fingerprint density at radius 3 is 1.08 bits per heavy atom. The van der Waals surface area contributed by atoms with Gasteiger partial charge in [0.2, 0.25) is 0 Å². The monoisotopic (exact) mass is 1420 g/mol. The molecule has 0 atom stereocenters. The van der Waals surface area contributed by atoms with Crippen LogP contribution in [0.1, 0.15) is 89.0 Å². The Hall–Kier alpha value is -10.5. The van der Waals surface area contributed by atoms with Crippen molar-refractivity contribution in [2.24, 2.45) is 5.73 Å². The summed E-state index contributed by atoms with van der Waals surface area (Å²) in [5.74, 6) is -1.31. The zero-order chi connectivity index (χ0) is 67.5. The number of pyridine rings is 9. The number of hydrogen-bond donors (Lipinski definition) is 7. The number of carbonyl (C=O) groups is 3. The molecule has 2 amide bonds. The fraction of sp³-hybridized carbons (Fsp3) is 0.0959. The smallest absolute Gasteiger partial charge is 0.335 e. The van der Waals surface area contributed by atoms with E-state index in [-0.39, 0.29) is 24.8 Å². The number of amides is 2. The molecule has 3 aromatic carbocycles. The van der Waals surface area contributed by atoms with E-state index in [9.17, 15) is 14.4 Å². The molecule has 0 fully saturated rings. The number of aromatic nitrogens is 12. The first kappa shape index (κ1) is 68.9. The summed E-state index contributed by atoms with van der Waals surface area (Å²) in [5, 5.41) is 24.0. The molecule has 0 aliphatic rings. The van der Waals surface area contributed by atoms with Gasteiger partial charge < -0.3 is 36.4 Å². The van der Waals surface area contributed by atoms with Crippen molar-refractivity contribution in [1.82, 2.24) is 70.4 Å². The topological polar surface area (TPSA) is 285 Å². The molecular formula is C73H57Cl6N15O4. The first-order chi connectivity index (χ1) is 47.0. The summed E-state index contributed by atoms with van der Waals surface area (Å²) in [6.07, 6.45) is 21.7. The van der Waals surface area contributed by atoms with Gasteiger partial charge in [0.1, 0.15) is 16.9 Å². The molecule has 15 aromatic rings. The van der Waals surface area contributed by atoms with Gasteiger partial charge in [-0.05, 0) is 143 Å². The molecule has 490 valence electrons. The van der Waals surface area contributed by atoms with Crippen molar-refractivity contribution in [2.75, 3.05) is 0 Å². The average molecular weight is 1420 g/mol. The Labute approximate surface area is 590 Å². The van der Waals surface area contributed by atoms with Crippen LogP contribution in [-0.2, 0) is 38.9 Å². The van der Waals surface area contributed by atoms with E-state index in [4.69, 9.17) is 80.4 Å². The van der Waals surface area contributed by atoms with E-state index in [0.29, 0.717) is 85.9 Å². The molecule has 0 bridgehead atoms. The highest BCUT2D eigenvalue weighted by Gasteiger charge is 2.14. The zero-order valence-corrected chi connectivity index (χ0v) is 55.4. The Bertz CT molecular complexity index is 5210. The van der Waals surface area contributed by atoms with Gasteiger partial charge in [0.15, 0.2) is 0 Å². The molecule has 8 N–H and O–H groups in total. The van der Waals surface area contributed by atoms with Crippen LogP contribution in [0.15, 0.2) is 202 Å². The summed E-state index contributed by atoms with van der Waals surface area (Å²) in [7, 11) is 0. The molecule has 0 radical (unpaired) electrons. The van der Waals surface area contributed by atoms with Gasteiger partial charge in [-0.3, -0.25) is 39.5 Å². The number of nitrogens with zero attached hydrogens (tertiary/aromatic N) is 9. The lowest BCUT2D eigenvalue weighted by atomic mass is 10.0. The van der Waals surface area contributed by atoms with Crippen LogP contribution in [0.5, 0.6) is 0 Å². The maximum Gasteiger partial charge on any atom is 0.335 e. The van der Waals surface area contributed by atoms with E-state index in [1.54, 1.807) is 98.5 Å². The summed E-state index contributed by atoms with van der Waals surface area (Å²) in [4.78, 5) is 84.0. The van der Waals surface area contributed by atoms with Crippen LogP contribution in [-0.4, -0.2) is 82.7 Å². The molecule has 12 heterocycles. The lowest BCUT2D eigenvalue weighted by Crippen LogP contribution is -2.23. The van der Waals surface area contributed by atoms with Crippen LogP contribution in [0, 0.1) is 0 Å². The van der Waals surface area contributed by atoms with Gasteiger partial charge in [0.25, 0.3) is 11.8 Å². The van der Waals surface area contributed by atoms with Gasteiger partial charge in [-0.2, -0.15) is 0 Å². The number of carboxylic acids is 1. The van der Waals surface area contributed by atoms with Crippen molar-refractivity contribution in [3.05, 3.63) is 299 Å². The number of aromatic carboxylic acids is 1. The zero-order valence-electron chi connectivity index (χ0n) is 50.8. The van der Waals surface area contributed by atoms with E-state index in [1.165, 1.54) is 12.3 Å². The van der Waals surface area contributed by atoms with Gasteiger partial charge >= 0.3 is 5.97 Å². The third-order valence-corrected chi connectivity index (χ3v) is 16.8. The van der Waals surface area contributed by atoms with Gasteiger partial charge in [-0.25, -0.2) is 19.7 Å². The second-order valence-corrected chi connectivity index (χ2v) is 24.7. The summed E-state index contributed by atoms with van der Waals surface area (Å²) in [6, 6.07) is 39.4. The summed E-state index contributed by atoms with van der Waals surface area (Å²) in [5.41, 5.74) is 19.9. The largest absolute Gasteiger partial charge is 0.478 e. The minimum atomic E-state index is -0.951. The third-order valence-electron chi connectivity index (χ3n) is 15.3. The molecular weight excluding hydrogens is 1360 g/mol. The van der Waals surface area contributed by atoms with Gasteiger partial charge in [-0.15, -0.1) is 0 Å². The van der Waals surface area contributed by atoms with Crippen LogP contribution < -0.4 is 16.4 Å². The van der Waals surface area contributed by atoms with E-state index in [0.717, 1.165) is 111 Å². The van der Waals surface area contributed by atoms with Crippen LogP contribution in [0.4, 0.5) is 0 Å². The molecule has 25 heteroatoms. The van der Waals surface area contributed by atoms with E-state index >= 15 is 0 Å². The summed E-state index contributed by atoms with van der Waals surface area (Å²) >= 11 is 36.3. The highest BCUT2D eigenvalue weighted by atomic mass is 35.5. The van der Waals surface area contributed by atoms with E-state index in [2.05, 4.69) is 70.4 Å². The fourth-order valence-corrected chi connectivity index (χ4v) is 11.6. The highest BCUT2D eigenvalue weighted by molar-refractivity contribution is 6.36. The quantitative estimate of drug-likeness (QED) is 0.0533. The van der Waals surface area contributed by atoms with Crippen molar-refractivity contribution < 1.29 is 19.5 Å². The number of carbonyl (C=O) groups excluding carboxylic acids is 2. The lowest BCUT2D eigenvalue weighted by Gasteiger charge is -2.08. The molecule has 0 unspecified atom stereocenters. The highest BCUT2D eigenvalue weighted by Crippen LogP contribution is 2.27. The molecule has 12 aromatic heterocycles. The van der Waals surface area contributed by atoms with Crippen molar-refractivity contribution in [3.8, 4) is 0 Å². The molecule has 0 saturated heterocycles. The number of rotatable bonds is 14. The van der Waals surface area contributed by atoms with Crippen LogP contribution in [0.2, 0.25) is 30.1 Å². The number of hydrogen-bond acceptors (Lipinski definition) is 13. The number of nitrogens with one attached hydrogen (secondary N) is 5. The van der Waals surface area contributed by atoms with Crippen molar-refractivity contribution >= 4 is 153 Å².